The molecule has 0 fully saturated rings. The van der Waals surface area contributed by atoms with E-state index in [1.807, 2.05) is 49.4 Å². The summed E-state index contributed by atoms with van der Waals surface area (Å²) < 4.78 is 10.5. The van der Waals surface area contributed by atoms with E-state index in [2.05, 4.69) is 5.32 Å². The van der Waals surface area contributed by atoms with Crippen molar-refractivity contribution < 1.29 is 14.3 Å². The van der Waals surface area contributed by atoms with Crippen molar-refractivity contribution in [1.29, 1.82) is 0 Å². The summed E-state index contributed by atoms with van der Waals surface area (Å²) in [6, 6.07) is 13.5. The molecule has 0 radical (unpaired) electrons. The molecule has 0 aliphatic heterocycles. The Labute approximate surface area is 131 Å². The largest absolute Gasteiger partial charge is 0.497 e. The third-order valence-corrected chi connectivity index (χ3v) is 3.46. The van der Waals surface area contributed by atoms with Crippen LogP contribution in [0.15, 0.2) is 42.5 Å². The molecule has 2 aromatic rings. The Balaban J connectivity index is 1.94. The lowest BCUT2D eigenvalue weighted by Crippen LogP contribution is -2.24. The number of amides is 1. The van der Waals surface area contributed by atoms with Crippen molar-refractivity contribution in [1.82, 2.24) is 5.32 Å². The van der Waals surface area contributed by atoms with Crippen LogP contribution in [0.4, 0.5) is 0 Å². The van der Waals surface area contributed by atoms with Crippen LogP contribution in [0.5, 0.6) is 11.5 Å². The minimum absolute atomic E-state index is 0.0123. The Kier molecular flexibility index (Phi) is 5.42. The van der Waals surface area contributed by atoms with E-state index in [9.17, 15) is 4.79 Å². The molecule has 4 nitrogen and oxygen atoms in total. The average molecular weight is 299 g/mol. The zero-order chi connectivity index (χ0) is 15.9. The molecule has 0 unspecified atom stereocenters. The van der Waals surface area contributed by atoms with Gasteiger partial charge in [-0.2, -0.15) is 0 Å². The molecule has 4 heteroatoms. The van der Waals surface area contributed by atoms with Gasteiger partial charge in [-0.25, -0.2) is 0 Å². The molecule has 0 saturated carbocycles. The van der Waals surface area contributed by atoms with Gasteiger partial charge in [-0.05, 0) is 24.6 Å². The quantitative estimate of drug-likeness (QED) is 0.892. The Morgan fingerprint density at radius 1 is 1.05 bits per heavy atom. The molecule has 0 aromatic heterocycles. The predicted octanol–water partition coefficient (Wildman–Crippen LogP) is 2.87. The minimum atomic E-state index is -0.0123. The number of carbonyl (C=O) groups is 1. The van der Waals surface area contributed by atoms with Crippen molar-refractivity contribution in [2.75, 3.05) is 14.2 Å². The molecule has 2 rings (SSSR count). The second kappa shape index (κ2) is 7.50. The summed E-state index contributed by atoms with van der Waals surface area (Å²) in [6.07, 6.45) is 0.374. The zero-order valence-electron chi connectivity index (χ0n) is 13.2. The highest BCUT2D eigenvalue weighted by Gasteiger charge is 2.08. The van der Waals surface area contributed by atoms with Gasteiger partial charge in [0, 0.05) is 18.2 Å². The standard InChI is InChI=1S/C18H21NO3/c1-13-4-6-14(7-5-13)10-18(20)19-12-15-8-9-16(21-2)11-17(15)22-3/h4-9,11H,10,12H2,1-3H3,(H,19,20). The molecule has 116 valence electrons. The molecule has 22 heavy (non-hydrogen) atoms. The number of methoxy groups -OCH3 is 2. The first-order valence-corrected chi connectivity index (χ1v) is 7.15. The zero-order valence-corrected chi connectivity index (χ0v) is 13.2. The Bertz CT molecular complexity index is 635. The molecule has 2 aromatic carbocycles. The number of nitrogens with one attached hydrogen (secondary N) is 1. The van der Waals surface area contributed by atoms with Crippen LogP contribution in [-0.2, 0) is 17.8 Å². The molecule has 0 bridgehead atoms. The molecule has 0 heterocycles. The van der Waals surface area contributed by atoms with E-state index in [0.29, 0.717) is 18.7 Å². The highest BCUT2D eigenvalue weighted by atomic mass is 16.5. The molecule has 0 aliphatic carbocycles. The summed E-state index contributed by atoms with van der Waals surface area (Å²) in [7, 11) is 3.21. The van der Waals surface area contributed by atoms with Crippen LogP contribution < -0.4 is 14.8 Å². The molecule has 1 N–H and O–H groups in total. The molecule has 1 amide bonds. The SMILES string of the molecule is COc1ccc(CNC(=O)Cc2ccc(C)cc2)c(OC)c1. The van der Waals surface area contributed by atoms with Crippen molar-refractivity contribution in [3.8, 4) is 11.5 Å². The second-order valence-electron chi connectivity index (χ2n) is 5.12. The van der Waals surface area contributed by atoms with Gasteiger partial charge >= 0.3 is 0 Å². The van der Waals surface area contributed by atoms with Crippen molar-refractivity contribution >= 4 is 5.91 Å². The lowest BCUT2D eigenvalue weighted by atomic mass is 10.1. The van der Waals surface area contributed by atoms with Gasteiger partial charge in [0.15, 0.2) is 0 Å². The number of rotatable bonds is 6. The Morgan fingerprint density at radius 3 is 2.41 bits per heavy atom. The van der Waals surface area contributed by atoms with Crippen molar-refractivity contribution in [3.63, 3.8) is 0 Å². The lowest BCUT2D eigenvalue weighted by molar-refractivity contribution is -0.120. The Hall–Kier alpha value is -2.49. The van der Waals surface area contributed by atoms with Crippen LogP contribution in [0, 0.1) is 6.92 Å². The summed E-state index contributed by atoms with van der Waals surface area (Å²) in [4.78, 5) is 12.0. The fraction of sp³-hybridized carbons (Fsp3) is 0.278. The Morgan fingerprint density at radius 2 is 1.77 bits per heavy atom. The lowest BCUT2D eigenvalue weighted by Gasteiger charge is -2.11. The monoisotopic (exact) mass is 299 g/mol. The first kappa shape index (κ1) is 15.9. The molecular formula is C18H21NO3. The number of ether oxygens (including phenoxy) is 2. The normalized spacial score (nSPS) is 10.1. The van der Waals surface area contributed by atoms with Crippen LogP contribution in [0.2, 0.25) is 0 Å². The van der Waals surface area contributed by atoms with Gasteiger partial charge in [0.1, 0.15) is 11.5 Å². The molecule has 0 atom stereocenters. The first-order valence-electron chi connectivity index (χ1n) is 7.15. The van der Waals surface area contributed by atoms with Gasteiger partial charge in [-0.3, -0.25) is 4.79 Å². The van der Waals surface area contributed by atoms with E-state index in [4.69, 9.17) is 9.47 Å². The summed E-state index contributed by atoms with van der Waals surface area (Å²) in [5.41, 5.74) is 3.11. The maximum absolute atomic E-state index is 12.0. The van der Waals surface area contributed by atoms with Crippen LogP contribution in [0.3, 0.4) is 0 Å². The highest BCUT2D eigenvalue weighted by Crippen LogP contribution is 2.24. The maximum atomic E-state index is 12.0. The van der Waals surface area contributed by atoms with Crippen LogP contribution >= 0.6 is 0 Å². The van der Waals surface area contributed by atoms with Crippen LogP contribution in [-0.4, -0.2) is 20.1 Å². The van der Waals surface area contributed by atoms with Gasteiger partial charge in [-0.1, -0.05) is 29.8 Å². The number of aryl methyl sites for hydroxylation is 1. The molecule has 0 aliphatic rings. The van der Waals surface area contributed by atoms with E-state index in [0.717, 1.165) is 16.9 Å². The van der Waals surface area contributed by atoms with Gasteiger partial charge in [0.2, 0.25) is 5.91 Å². The van der Waals surface area contributed by atoms with Crippen molar-refractivity contribution in [2.45, 2.75) is 19.9 Å². The van der Waals surface area contributed by atoms with E-state index in [-0.39, 0.29) is 5.91 Å². The fourth-order valence-corrected chi connectivity index (χ4v) is 2.15. The van der Waals surface area contributed by atoms with Crippen molar-refractivity contribution in [3.05, 3.63) is 59.2 Å². The third-order valence-electron chi connectivity index (χ3n) is 3.46. The number of carbonyl (C=O) groups excluding carboxylic acids is 1. The van der Waals surface area contributed by atoms with E-state index >= 15 is 0 Å². The second-order valence-corrected chi connectivity index (χ2v) is 5.12. The van der Waals surface area contributed by atoms with Gasteiger partial charge < -0.3 is 14.8 Å². The molecule has 0 saturated heterocycles. The summed E-state index contributed by atoms with van der Waals surface area (Å²) >= 11 is 0. The fourth-order valence-electron chi connectivity index (χ4n) is 2.15. The number of hydrogen-bond acceptors (Lipinski definition) is 3. The maximum Gasteiger partial charge on any atom is 0.224 e. The predicted molar refractivity (Wildman–Crippen MR) is 86.3 cm³/mol. The number of benzene rings is 2. The number of hydrogen-bond donors (Lipinski definition) is 1. The topological polar surface area (TPSA) is 47.6 Å². The molecule has 0 spiro atoms. The van der Waals surface area contributed by atoms with E-state index < -0.39 is 0 Å². The third kappa shape index (κ3) is 4.25. The van der Waals surface area contributed by atoms with Crippen LogP contribution in [0.25, 0.3) is 0 Å². The van der Waals surface area contributed by atoms with Gasteiger partial charge in [-0.15, -0.1) is 0 Å². The first-order chi connectivity index (χ1) is 10.6. The summed E-state index contributed by atoms with van der Waals surface area (Å²) in [6.45, 7) is 2.46. The minimum Gasteiger partial charge on any atom is -0.497 e. The van der Waals surface area contributed by atoms with E-state index in [1.54, 1.807) is 14.2 Å². The smallest absolute Gasteiger partial charge is 0.224 e. The van der Waals surface area contributed by atoms with Gasteiger partial charge in [0.25, 0.3) is 0 Å². The van der Waals surface area contributed by atoms with Gasteiger partial charge in [0.05, 0.1) is 20.6 Å². The highest BCUT2D eigenvalue weighted by molar-refractivity contribution is 5.78. The summed E-state index contributed by atoms with van der Waals surface area (Å²) in [5.74, 6) is 1.42. The average Bonchev–Trinajstić information content (AvgIpc) is 2.55. The van der Waals surface area contributed by atoms with Crippen LogP contribution in [0.1, 0.15) is 16.7 Å². The van der Waals surface area contributed by atoms with E-state index in [1.165, 1.54) is 5.56 Å². The summed E-state index contributed by atoms with van der Waals surface area (Å²) in [5, 5.41) is 2.91. The molecular weight excluding hydrogens is 278 g/mol. The van der Waals surface area contributed by atoms with Crippen molar-refractivity contribution in [2.24, 2.45) is 0 Å².